The SMILES string of the molecule is C=CCC1/C=C(/C)CC(C)CC(OC)C2OC(O)(C(=O)C(=O)N3CCCCC3C(=O)OC(C(C)=CC3CCC(O)C(OC)C3)C(C)C(O)CC1=O)C(C)CC2OC. The maximum absolute atomic E-state index is 14.3. The smallest absolute Gasteiger partial charge is 0.329 e. The van der Waals surface area contributed by atoms with Gasteiger partial charge in [0.2, 0.25) is 5.79 Å². The summed E-state index contributed by atoms with van der Waals surface area (Å²) in [5.41, 5.74) is 1.61. The monoisotopic (exact) mass is 803 g/mol. The molecule has 4 aliphatic rings. The number of piperidine rings is 1. The number of ether oxygens (including phenoxy) is 5. The molecule has 13 heteroatoms. The number of ketones is 2. The van der Waals surface area contributed by atoms with Crippen LogP contribution in [0.2, 0.25) is 0 Å². The van der Waals surface area contributed by atoms with Crippen LogP contribution < -0.4 is 0 Å². The van der Waals surface area contributed by atoms with Crippen LogP contribution in [0.25, 0.3) is 0 Å². The van der Waals surface area contributed by atoms with Gasteiger partial charge in [-0.2, -0.15) is 0 Å². The number of fused-ring (bicyclic) bond motifs is 3. The second kappa shape index (κ2) is 21.0. The molecule has 3 N–H and O–H groups in total. The molecular formula is C44H69NO12. The van der Waals surface area contributed by atoms with Gasteiger partial charge in [0, 0.05) is 52.0 Å². The van der Waals surface area contributed by atoms with Crippen molar-refractivity contribution < 1.29 is 58.2 Å². The summed E-state index contributed by atoms with van der Waals surface area (Å²) < 4.78 is 29.7. The molecule has 0 spiro atoms. The number of carbonyl (C=O) groups is 4. The Kier molecular flexibility index (Phi) is 17.2. The second-order valence-electron chi connectivity index (χ2n) is 17.3. The largest absolute Gasteiger partial charge is 0.456 e. The molecule has 14 atom stereocenters. The van der Waals surface area contributed by atoms with E-state index in [1.165, 1.54) is 19.1 Å². The summed E-state index contributed by atoms with van der Waals surface area (Å²) in [7, 11) is 4.61. The zero-order valence-corrected chi connectivity index (χ0v) is 35.4. The molecule has 14 unspecified atom stereocenters. The fourth-order valence-electron chi connectivity index (χ4n) is 9.42. The third-order valence-electron chi connectivity index (χ3n) is 12.9. The standard InChI is InChI=1S/C44H69NO12/c1-10-13-31-19-25(2)18-26(3)20-37(54-8)40-38(55-9)22-28(5)44(52,57-40)41(49)42(50)45-17-12-11-14-32(45)43(51)56-39(29(6)34(47)24-35(31)48)27(4)21-30-15-16-33(46)36(23-30)53-7/h10,19,21,26,28-34,36-40,46-47,52H,1,11-18,20,22-24H2,2-9H3/b25-19-,27-21?. The maximum Gasteiger partial charge on any atom is 0.329 e. The summed E-state index contributed by atoms with van der Waals surface area (Å²) in [6, 6.07) is -1.14. The molecule has 1 saturated carbocycles. The van der Waals surface area contributed by atoms with E-state index in [0.717, 1.165) is 5.57 Å². The topological polar surface area (TPSA) is 178 Å². The van der Waals surface area contributed by atoms with Crippen LogP contribution >= 0.6 is 0 Å². The van der Waals surface area contributed by atoms with Gasteiger partial charge >= 0.3 is 5.97 Å². The number of nitrogens with zero attached hydrogens (tertiary/aromatic N) is 1. The summed E-state index contributed by atoms with van der Waals surface area (Å²) in [5.74, 6) is -7.76. The van der Waals surface area contributed by atoms with Gasteiger partial charge in [-0.1, -0.05) is 44.6 Å². The quantitative estimate of drug-likeness (QED) is 0.185. The van der Waals surface area contributed by atoms with Crippen molar-refractivity contribution in [3.8, 4) is 0 Å². The van der Waals surface area contributed by atoms with Gasteiger partial charge in [-0.05, 0) is 95.5 Å². The first-order valence-electron chi connectivity index (χ1n) is 20.9. The second-order valence-corrected chi connectivity index (χ2v) is 17.3. The van der Waals surface area contributed by atoms with Crippen LogP contribution in [0.5, 0.6) is 0 Å². The molecule has 1 aliphatic carbocycles. The summed E-state index contributed by atoms with van der Waals surface area (Å²) in [6.07, 6.45) is 4.93. The first kappa shape index (κ1) is 46.9. The normalized spacial score (nSPS) is 41.0. The third-order valence-corrected chi connectivity index (χ3v) is 12.9. The molecule has 2 bridgehead atoms. The minimum atomic E-state index is -2.51. The number of cyclic esters (lactones) is 1. The van der Waals surface area contributed by atoms with Gasteiger partial charge in [0.25, 0.3) is 11.7 Å². The average molecular weight is 804 g/mol. The first-order valence-corrected chi connectivity index (χ1v) is 20.9. The van der Waals surface area contributed by atoms with Crippen LogP contribution in [0.15, 0.2) is 36.0 Å². The Balaban J connectivity index is 1.78. The van der Waals surface area contributed by atoms with Crippen molar-refractivity contribution in [1.29, 1.82) is 0 Å². The fourth-order valence-corrected chi connectivity index (χ4v) is 9.42. The molecule has 3 fully saturated rings. The zero-order chi connectivity index (χ0) is 42.2. The van der Waals surface area contributed by atoms with Crippen molar-refractivity contribution >= 4 is 23.4 Å². The molecule has 0 aromatic heterocycles. The number of aliphatic hydroxyl groups is 3. The Morgan fingerprint density at radius 3 is 2.25 bits per heavy atom. The van der Waals surface area contributed by atoms with Gasteiger partial charge in [-0.3, -0.25) is 14.4 Å². The minimum Gasteiger partial charge on any atom is -0.456 e. The number of hydrogen-bond donors (Lipinski definition) is 3. The Morgan fingerprint density at radius 2 is 1.60 bits per heavy atom. The minimum absolute atomic E-state index is 0.00988. The van der Waals surface area contributed by atoms with Crippen molar-refractivity contribution in [2.24, 2.45) is 29.6 Å². The van der Waals surface area contributed by atoms with E-state index in [-0.39, 0.29) is 49.5 Å². The number of allylic oxidation sites excluding steroid dienone is 4. The number of Topliss-reactive ketones (excluding diaryl/α,β-unsaturated/α-hetero) is 2. The van der Waals surface area contributed by atoms with Crippen LogP contribution in [0.1, 0.15) is 105 Å². The zero-order valence-electron chi connectivity index (χ0n) is 35.4. The van der Waals surface area contributed by atoms with E-state index in [2.05, 4.69) is 6.58 Å². The van der Waals surface area contributed by atoms with Crippen LogP contribution in [0, 0.1) is 29.6 Å². The summed E-state index contributed by atoms with van der Waals surface area (Å²) >= 11 is 0. The van der Waals surface area contributed by atoms with Crippen LogP contribution in [-0.2, 0) is 42.9 Å². The van der Waals surface area contributed by atoms with Gasteiger partial charge in [0.05, 0.1) is 30.5 Å². The van der Waals surface area contributed by atoms with E-state index in [0.29, 0.717) is 56.9 Å². The number of methoxy groups -OCH3 is 3. The van der Waals surface area contributed by atoms with E-state index in [4.69, 9.17) is 23.7 Å². The lowest BCUT2D eigenvalue weighted by atomic mass is 9.81. The number of aliphatic hydroxyl groups excluding tert-OH is 2. The highest BCUT2D eigenvalue weighted by molar-refractivity contribution is 6.39. The highest BCUT2D eigenvalue weighted by atomic mass is 16.7. The van der Waals surface area contributed by atoms with Crippen molar-refractivity contribution in [3.05, 3.63) is 36.0 Å². The summed E-state index contributed by atoms with van der Waals surface area (Å²) in [4.78, 5) is 57.8. The van der Waals surface area contributed by atoms with Gasteiger partial charge in [0.15, 0.2) is 0 Å². The van der Waals surface area contributed by atoms with Crippen LogP contribution in [0.4, 0.5) is 0 Å². The van der Waals surface area contributed by atoms with Gasteiger partial charge in [-0.25, -0.2) is 4.79 Å². The summed E-state index contributed by atoms with van der Waals surface area (Å²) in [6.45, 7) is 13.1. The molecular weight excluding hydrogens is 734 g/mol. The Bertz CT molecular complexity index is 1480. The number of hydrogen-bond acceptors (Lipinski definition) is 12. The molecule has 3 heterocycles. The Hall–Kier alpha value is -2.78. The molecule has 2 saturated heterocycles. The fraction of sp³-hybridized carbons (Fsp3) is 0.773. The van der Waals surface area contributed by atoms with Gasteiger partial charge in [-0.15, -0.1) is 6.58 Å². The van der Waals surface area contributed by atoms with Gasteiger partial charge < -0.3 is 43.9 Å². The number of carbonyl (C=O) groups excluding carboxylic acids is 4. The molecule has 322 valence electrons. The van der Waals surface area contributed by atoms with Crippen LogP contribution in [0.3, 0.4) is 0 Å². The average Bonchev–Trinajstić information content (AvgIpc) is 3.18. The van der Waals surface area contributed by atoms with Crippen molar-refractivity contribution in [2.75, 3.05) is 27.9 Å². The molecule has 4 rings (SSSR count). The summed E-state index contributed by atoms with van der Waals surface area (Å²) in [5, 5.41) is 34.1. The molecule has 0 aromatic carbocycles. The molecule has 0 radical (unpaired) electrons. The molecule has 57 heavy (non-hydrogen) atoms. The Labute approximate surface area is 339 Å². The predicted octanol–water partition coefficient (Wildman–Crippen LogP) is 4.64. The highest BCUT2D eigenvalue weighted by Crippen LogP contribution is 2.39. The van der Waals surface area contributed by atoms with Crippen LogP contribution in [-0.4, -0.2) is 126 Å². The van der Waals surface area contributed by atoms with E-state index < -0.39 is 83.9 Å². The van der Waals surface area contributed by atoms with E-state index in [1.807, 2.05) is 32.9 Å². The van der Waals surface area contributed by atoms with Crippen molar-refractivity contribution in [3.63, 3.8) is 0 Å². The predicted molar refractivity (Wildman–Crippen MR) is 213 cm³/mol. The van der Waals surface area contributed by atoms with E-state index in [1.54, 1.807) is 27.0 Å². The molecule has 3 aliphatic heterocycles. The lowest BCUT2D eigenvalue weighted by molar-refractivity contribution is -0.302. The lowest BCUT2D eigenvalue weighted by Gasteiger charge is -2.47. The molecule has 0 aromatic rings. The number of esters is 1. The van der Waals surface area contributed by atoms with Gasteiger partial charge in [0.1, 0.15) is 24.0 Å². The number of amides is 1. The highest BCUT2D eigenvalue weighted by Gasteiger charge is 2.56. The maximum atomic E-state index is 14.3. The molecule has 1 amide bonds. The van der Waals surface area contributed by atoms with E-state index in [9.17, 15) is 34.5 Å². The van der Waals surface area contributed by atoms with E-state index >= 15 is 0 Å². The van der Waals surface area contributed by atoms with Crippen molar-refractivity contribution in [2.45, 2.75) is 160 Å². The molecule has 13 nitrogen and oxygen atoms in total. The third kappa shape index (κ3) is 11.3. The lowest BCUT2D eigenvalue weighted by Crippen LogP contribution is -2.64. The Morgan fingerprint density at radius 1 is 0.930 bits per heavy atom. The van der Waals surface area contributed by atoms with Crippen molar-refractivity contribution in [1.82, 2.24) is 4.90 Å². The first-order chi connectivity index (χ1) is 27.0. The number of rotatable bonds is 7.